The van der Waals surface area contributed by atoms with Crippen LogP contribution in [0.1, 0.15) is 20.8 Å². The average molecular weight is 246 g/mol. The monoisotopic (exact) mass is 246 g/mol. The van der Waals surface area contributed by atoms with Gasteiger partial charge >= 0.3 is 12.0 Å². The Morgan fingerprint density at radius 1 is 1.29 bits per heavy atom. The third-order valence-electron chi connectivity index (χ3n) is 1.79. The van der Waals surface area contributed by atoms with Crippen molar-refractivity contribution in [3.63, 3.8) is 0 Å². The summed E-state index contributed by atoms with van der Waals surface area (Å²) in [5, 5.41) is 1.87. The Morgan fingerprint density at radius 3 is 2.29 bits per heavy atom. The number of hydrogen-bond donors (Lipinski definition) is 2. The Kier molecular flexibility index (Phi) is 6.88. The van der Waals surface area contributed by atoms with E-state index < -0.39 is 24.0 Å². The van der Waals surface area contributed by atoms with Crippen molar-refractivity contribution in [1.29, 1.82) is 0 Å². The fourth-order valence-electron chi connectivity index (χ4n) is 1.05. The van der Waals surface area contributed by atoms with Crippen LogP contribution >= 0.6 is 0 Å². The number of ether oxygens (including phenoxy) is 2. The minimum Gasteiger partial charge on any atom is -0.450 e. The van der Waals surface area contributed by atoms with Gasteiger partial charge < -0.3 is 15.2 Å². The van der Waals surface area contributed by atoms with Crippen molar-refractivity contribution in [3.05, 3.63) is 0 Å². The lowest BCUT2D eigenvalue weighted by atomic mass is 10.1. The van der Waals surface area contributed by atoms with E-state index in [1.165, 1.54) is 0 Å². The maximum absolute atomic E-state index is 11.5. The molecule has 0 aromatic carbocycles. The van der Waals surface area contributed by atoms with Gasteiger partial charge in [-0.1, -0.05) is 13.8 Å². The van der Waals surface area contributed by atoms with Crippen LogP contribution in [0, 0.1) is 5.92 Å². The lowest BCUT2D eigenvalue weighted by Gasteiger charge is -2.19. The van der Waals surface area contributed by atoms with Crippen LogP contribution in [-0.4, -0.2) is 37.2 Å². The molecule has 0 aliphatic rings. The standard InChI is InChI=1S/C10H18N2O5/c1-4-16-5-7(13)17-8(6(2)3)9(14)12-10(11)15/h6,8H,4-5H2,1-3H3,(H3,11,12,14,15)/t8-/m1/s1. The first-order chi connectivity index (χ1) is 7.88. The number of esters is 1. The van der Waals surface area contributed by atoms with Gasteiger partial charge in [0.1, 0.15) is 6.61 Å². The van der Waals surface area contributed by atoms with Crippen molar-refractivity contribution in [2.75, 3.05) is 13.2 Å². The van der Waals surface area contributed by atoms with Crippen molar-refractivity contribution in [2.24, 2.45) is 11.7 Å². The molecule has 7 heteroatoms. The van der Waals surface area contributed by atoms with Crippen LogP contribution in [0.2, 0.25) is 0 Å². The highest BCUT2D eigenvalue weighted by atomic mass is 16.6. The molecule has 0 aliphatic carbocycles. The molecule has 0 spiro atoms. The molecule has 3 amide bonds. The molecular formula is C10H18N2O5. The number of nitrogens with one attached hydrogen (secondary N) is 1. The zero-order valence-electron chi connectivity index (χ0n) is 10.2. The molecule has 0 fully saturated rings. The zero-order valence-corrected chi connectivity index (χ0v) is 10.2. The predicted octanol–water partition coefficient (Wildman–Crippen LogP) is -0.214. The van der Waals surface area contributed by atoms with Gasteiger partial charge in [0.05, 0.1) is 0 Å². The van der Waals surface area contributed by atoms with Crippen LogP contribution in [0.4, 0.5) is 4.79 Å². The van der Waals surface area contributed by atoms with Crippen molar-refractivity contribution in [2.45, 2.75) is 26.9 Å². The van der Waals surface area contributed by atoms with Crippen molar-refractivity contribution in [3.8, 4) is 0 Å². The molecule has 0 aliphatic heterocycles. The molecule has 0 heterocycles. The summed E-state index contributed by atoms with van der Waals surface area (Å²) in [6, 6.07) is -0.985. The summed E-state index contributed by atoms with van der Waals surface area (Å²) in [5.74, 6) is -1.68. The number of hydrogen-bond acceptors (Lipinski definition) is 5. The van der Waals surface area contributed by atoms with E-state index in [9.17, 15) is 14.4 Å². The maximum atomic E-state index is 11.5. The van der Waals surface area contributed by atoms with Gasteiger partial charge in [0, 0.05) is 6.61 Å². The first-order valence-electron chi connectivity index (χ1n) is 5.26. The van der Waals surface area contributed by atoms with Crippen LogP contribution in [0.15, 0.2) is 0 Å². The predicted molar refractivity (Wildman–Crippen MR) is 58.9 cm³/mol. The molecule has 0 unspecified atom stereocenters. The van der Waals surface area contributed by atoms with E-state index in [-0.39, 0.29) is 12.5 Å². The summed E-state index contributed by atoms with van der Waals surface area (Å²) < 4.78 is 9.73. The second-order valence-corrected chi connectivity index (χ2v) is 3.65. The number of urea groups is 1. The lowest BCUT2D eigenvalue weighted by molar-refractivity contribution is -0.162. The highest BCUT2D eigenvalue weighted by Gasteiger charge is 2.27. The molecule has 0 aromatic rings. The Balaban J connectivity index is 4.38. The minimum absolute atomic E-state index is 0.233. The molecule has 0 aromatic heterocycles. The number of imide groups is 1. The molecule has 17 heavy (non-hydrogen) atoms. The summed E-state index contributed by atoms with van der Waals surface area (Å²) >= 11 is 0. The Morgan fingerprint density at radius 2 is 1.88 bits per heavy atom. The number of rotatable bonds is 6. The lowest BCUT2D eigenvalue weighted by Crippen LogP contribution is -2.46. The number of carbonyl (C=O) groups excluding carboxylic acids is 3. The molecule has 0 rings (SSSR count). The molecule has 1 atom stereocenters. The van der Waals surface area contributed by atoms with Gasteiger partial charge in [0.25, 0.3) is 5.91 Å². The van der Waals surface area contributed by atoms with Crippen molar-refractivity contribution < 1.29 is 23.9 Å². The number of primary amides is 1. The second-order valence-electron chi connectivity index (χ2n) is 3.65. The Bertz CT molecular complexity index is 290. The number of carbonyl (C=O) groups is 3. The fraction of sp³-hybridized carbons (Fsp3) is 0.700. The van der Waals surface area contributed by atoms with Crippen LogP contribution < -0.4 is 11.1 Å². The van der Waals surface area contributed by atoms with Gasteiger partial charge in [0.15, 0.2) is 6.10 Å². The van der Waals surface area contributed by atoms with Crippen LogP contribution in [-0.2, 0) is 19.1 Å². The van der Waals surface area contributed by atoms with Crippen LogP contribution in [0.5, 0.6) is 0 Å². The van der Waals surface area contributed by atoms with Gasteiger partial charge in [-0.15, -0.1) is 0 Å². The molecule has 0 bridgehead atoms. The van der Waals surface area contributed by atoms with Crippen LogP contribution in [0.3, 0.4) is 0 Å². The first-order valence-corrected chi connectivity index (χ1v) is 5.26. The van der Waals surface area contributed by atoms with Crippen molar-refractivity contribution >= 4 is 17.9 Å². The third-order valence-corrected chi connectivity index (χ3v) is 1.79. The zero-order chi connectivity index (χ0) is 13.4. The largest absolute Gasteiger partial charge is 0.450 e. The number of nitrogens with two attached hydrogens (primary N) is 1. The second kappa shape index (κ2) is 7.61. The topological polar surface area (TPSA) is 108 Å². The summed E-state index contributed by atoms with van der Waals surface area (Å²) in [7, 11) is 0. The van der Waals surface area contributed by atoms with Crippen molar-refractivity contribution in [1.82, 2.24) is 5.32 Å². The van der Waals surface area contributed by atoms with Gasteiger partial charge in [-0.2, -0.15) is 0 Å². The van der Waals surface area contributed by atoms with Gasteiger partial charge in [-0.25, -0.2) is 9.59 Å². The average Bonchev–Trinajstić information content (AvgIpc) is 2.21. The molecular weight excluding hydrogens is 228 g/mol. The van der Waals surface area contributed by atoms with Gasteiger partial charge in [0.2, 0.25) is 0 Å². The van der Waals surface area contributed by atoms with E-state index in [0.29, 0.717) is 6.61 Å². The minimum atomic E-state index is -1.06. The molecule has 0 radical (unpaired) electrons. The molecule has 7 nitrogen and oxygen atoms in total. The molecule has 0 saturated heterocycles. The summed E-state index contributed by atoms with van der Waals surface area (Å²) in [4.78, 5) is 33.3. The normalized spacial score (nSPS) is 12.0. The van der Waals surface area contributed by atoms with E-state index in [1.54, 1.807) is 20.8 Å². The van der Waals surface area contributed by atoms with E-state index in [1.807, 2.05) is 5.32 Å². The molecule has 0 saturated carbocycles. The SMILES string of the molecule is CCOCC(=O)O[C@@H](C(=O)NC(N)=O)C(C)C. The highest BCUT2D eigenvalue weighted by Crippen LogP contribution is 2.07. The van der Waals surface area contributed by atoms with Gasteiger partial charge in [-0.3, -0.25) is 10.1 Å². The maximum Gasteiger partial charge on any atom is 0.332 e. The summed E-state index contributed by atoms with van der Waals surface area (Å²) in [6.45, 7) is 5.23. The van der Waals surface area contributed by atoms with E-state index >= 15 is 0 Å². The van der Waals surface area contributed by atoms with Crippen LogP contribution in [0.25, 0.3) is 0 Å². The Hall–Kier alpha value is -1.63. The Labute approximate surface area is 99.6 Å². The third kappa shape index (κ3) is 6.52. The van der Waals surface area contributed by atoms with E-state index in [0.717, 1.165) is 0 Å². The van der Waals surface area contributed by atoms with E-state index in [4.69, 9.17) is 15.2 Å². The number of amides is 3. The molecule has 3 N–H and O–H groups in total. The highest BCUT2D eigenvalue weighted by molar-refractivity contribution is 5.96. The van der Waals surface area contributed by atoms with Gasteiger partial charge in [-0.05, 0) is 12.8 Å². The quantitative estimate of drug-likeness (QED) is 0.630. The van der Waals surface area contributed by atoms with E-state index in [2.05, 4.69) is 0 Å². The molecule has 98 valence electrons. The smallest absolute Gasteiger partial charge is 0.332 e. The first kappa shape index (κ1) is 15.4. The summed E-state index contributed by atoms with van der Waals surface area (Å²) in [5.41, 5.74) is 4.81. The summed E-state index contributed by atoms with van der Waals surface area (Å²) in [6.07, 6.45) is -1.06. The fourth-order valence-corrected chi connectivity index (χ4v) is 1.05.